The molecule has 3 aromatic rings. The highest BCUT2D eigenvalue weighted by Crippen LogP contribution is 2.23. The molecular weight excluding hydrogens is 426 g/mol. The fraction of sp³-hybridized carbons (Fsp3) is 0.280. The second-order valence-electron chi connectivity index (χ2n) is 7.97. The smallest absolute Gasteiger partial charge is 0.253 e. The van der Waals surface area contributed by atoms with Crippen molar-refractivity contribution in [1.82, 2.24) is 10.2 Å². The Hall–Kier alpha value is -3.09. The molecule has 2 aromatic carbocycles. The van der Waals surface area contributed by atoms with E-state index in [0.717, 1.165) is 37.5 Å². The number of hydrogen-bond donors (Lipinski definition) is 2. The molecule has 1 saturated heterocycles. The zero-order valence-corrected chi connectivity index (χ0v) is 18.5. The Bertz CT molecular complexity index is 1040. The second-order valence-corrected chi connectivity index (χ2v) is 8.41. The number of amides is 2. The minimum atomic E-state index is -0.255. The van der Waals surface area contributed by atoms with Crippen LogP contribution in [-0.4, -0.2) is 29.8 Å². The number of rotatable bonds is 7. The predicted molar refractivity (Wildman–Crippen MR) is 124 cm³/mol. The maximum absolute atomic E-state index is 12.9. The summed E-state index contributed by atoms with van der Waals surface area (Å²) in [4.78, 5) is 27.9. The number of anilines is 1. The van der Waals surface area contributed by atoms with Gasteiger partial charge in [-0.15, -0.1) is 0 Å². The zero-order chi connectivity index (χ0) is 22.3. The lowest BCUT2D eigenvalue weighted by molar-refractivity contribution is -0.121. The summed E-state index contributed by atoms with van der Waals surface area (Å²) in [5.74, 6) is 0.304. The second kappa shape index (κ2) is 10.5. The highest BCUT2D eigenvalue weighted by atomic mass is 35.5. The van der Waals surface area contributed by atoms with Crippen molar-refractivity contribution in [2.75, 3.05) is 18.4 Å². The molecule has 2 amide bonds. The van der Waals surface area contributed by atoms with E-state index in [1.807, 2.05) is 30.3 Å². The molecule has 1 fully saturated rings. The Labute approximate surface area is 192 Å². The summed E-state index contributed by atoms with van der Waals surface area (Å²) in [6, 6.07) is 18.5. The van der Waals surface area contributed by atoms with Crippen molar-refractivity contribution in [3.05, 3.63) is 88.8 Å². The van der Waals surface area contributed by atoms with Crippen LogP contribution in [0.15, 0.2) is 71.3 Å². The lowest BCUT2D eigenvalue weighted by Crippen LogP contribution is -2.38. The van der Waals surface area contributed by atoms with E-state index in [2.05, 4.69) is 15.5 Å². The number of piperidine rings is 1. The van der Waals surface area contributed by atoms with Gasteiger partial charge in [-0.05, 0) is 67.9 Å². The maximum atomic E-state index is 12.9. The summed E-state index contributed by atoms with van der Waals surface area (Å²) in [6.07, 6.45) is 3.13. The topological polar surface area (TPSA) is 74.6 Å². The number of hydrogen-bond acceptors (Lipinski definition) is 4. The Morgan fingerprint density at radius 1 is 1.00 bits per heavy atom. The molecule has 166 valence electrons. The molecule has 32 heavy (non-hydrogen) atoms. The molecule has 2 N–H and O–H groups in total. The van der Waals surface area contributed by atoms with Crippen LogP contribution < -0.4 is 10.6 Å². The van der Waals surface area contributed by atoms with Gasteiger partial charge < -0.3 is 15.1 Å². The van der Waals surface area contributed by atoms with Crippen LogP contribution in [0.1, 0.15) is 34.5 Å². The Morgan fingerprint density at radius 3 is 2.47 bits per heavy atom. The van der Waals surface area contributed by atoms with Crippen molar-refractivity contribution in [3.8, 4) is 0 Å². The lowest BCUT2D eigenvalue weighted by Gasteiger charge is -2.31. The molecule has 7 heteroatoms. The number of likely N-dealkylation sites (tertiary alicyclic amines) is 1. The van der Waals surface area contributed by atoms with Crippen LogP contribution in [0, 0.1) is 5.92 Å². The van der Waals surface area contributed by atoms with Crippen molar-refractivity contribution in [2.45, 2.75) is 25.9 Å². The Balaban J connectivity index is 1.30. The number of benzene rings is 2. The summed E-state index contributed by atoms with van der Waals surface area (Å²) >= 11 is 5.96. The molecule has 1 aliphatic heterocycles. The molecule has 0 radical (unpaired) electrons. The van der Waals surface area contributed by atoms with Crippen LogP contribution in [-0.2, 0) is 17.9 Å². The van der Waals surface area contributed by atoms with Gasteiger partial charge in [0, 0.05) is 17.5 Å². The number of halogens is 1. The van der Waals surface area contributed by atoms with E-state index in [4.69, 9.17) is 16.0 Å². The van der Waals surface area contributed by atoms with Gasteiger partial charge in [0.2, 0.25) is 5.91 Å². The van der Waals surface area contributed by atoms with Crippen molar-refractivity contribution in [3.63, 3.8) is 0 Å². The molecular formula is C25H26ClN3O3. The normalized spacial score (nSPS) is 14.8. The molecule has 2 heterocycles. The first-order chi connectivity index (χ1) is 15.6. The van der Waals surface area contributed by atoms with Gasteiger partial charge in [0.05, 0.1) is 24.1 Å². The zero-order valence-electron chi connectivity index (χ0n) is 17.7. The summed E-state index contributed by atoms with van der Waals surface area (Å²) in [7, 11) is 0. The van der Waals surface area contributed by atoms with E-state index in [-0.39, 0.29) is 17.7 Å². The van der Waals surface area contributed by atoms with Gasteiger partial charge in [0.15, 0.2) is 0 Å². The van der Waals surface area contributed by atoms with Gasteiger partial charge in [0.25, 0.3) is 5.91 Å². The molecule has 0 atom stereocenters. The third-order valence-electron chi connectivity index (χ3n) is 5.71. The van der Waals surface area contributed by atoms with Gasteiger partial charge in [-0.2, -0.15) is 0 Å². The Kier molecular flexibility index (Phi) is 7.24. The van der Waals surface area contributed by atoms with Crippen LogP contribution in [0.2, 0.25) is 5.02 Å². The molecule has 1 aromatic heterocycles. The number of para-hydroxylation sites is 1. The summed E-state index contributed by atoms with van der Waals surface area (Å²) in [5.41, 5.74) is 2.18. The largest absolute Gasteiger partial charge is 0.467 e. The molecule has 0 saturated carbocycles. The summed E-state index contributed by atoms with van der Waals surface area (Å²) in [6.45, 7) is 2.85. The number of carbonyl (C=O) groups is 2. The van der Waals surface area contributed by atoms with Crippen LogP contribution in [0.5, 0.6) is 0 Å². The minimum Gasteiger partial charge on any atom is -0.467 e. The van der Waals surface area contributed by atoms with E-state index < -0.39 is 0 Å². The van der Waals surface area contributed by atoms with E-state index >= 15 is 0 Å². The van der Waals surface area contributed by atoms with E-state index in [9.17, 15) is 9.59 Å². The quantitative estimate of drug-likeness (QED) is 0.545. The van der Waals surface area contributed by atoms with Gasteiger partial charge in [0.1, 0.15) is 5.76 Å². The van der Waals surface area contributed by atoms with Gasteiger partial charge >= 0.3 is 0 Å². The number of furan rings is 1. The minimum absolute atomic E-state index is 0.0394. The molecule has 0 spiro atoms. The third kappa shape index (κ3) is 5.78. The first kappa shape index (κ1) is 22.1. The van der Waals surface area contributed by atoms with Crippen LogP contribution in [0.25, 0.3) is 0 Å². The maximum Gasteiger partial charge on any atom is 0.253 e. The monoisotopic (exact) mass is 451 g/mol. The Morgan fingerprint density at radius 2 is 1.75 bits per heavy atom. The fourth-order valence-electron chi connectivity index (χ4n) is 3.90. The SMILES string of the molecule is O=C(NCc1ccco1)c1ccccc1NC(=O)C1CCN(Cc2ccc(Cl)cc2)CC1. The molecule has 1 aliphatic rings. The molecule has 0 bridgehead atoms. The van der Waals surface area contributed by atoms with Crippen molar-refractivity contribution < 1.29 is 14.0 Å². The van der Waals surface area contributed by atoms with Gasteiger partial charge in [-0.1, -0.05) is 35.9 Å². The summed E-state index contributed by atoms with van der Waals surface area (Å²) < 4.78 is 5.25. The first-order valence-corrected chi connectivity index (χ1v) is 11.1. The van der Waals surface area contributed by atoms with Crippen molar-refractivity contribution >= 4 is 29.1 Å². The predicted octanol–water partition coefficient (Wildman–Crippen LogP) is 4.71. The number of nitrogens with one attached hydrogen (secondary N) is 2. The highest BCUT2D eigenvalue weighted by Gasteiger charge is 2.26. The van der Waals surface area contributed by atoms with Crippen LogP contribution in [0.3, 0.4) is 0 Å². The van der Waals surface area contributed by atoms with Crippen molar-refractivity contribution in [1.29, 1.82) is 0 Å². The number of nitrogens with zero attached hydrogens (tertiary/aromatic N) is 1. The molecule has 0 unspecified atom stereocenters. The first-order valence-electron chi connectivity index (χ1n) is 10.8. The average molecular weight is 452 g/mol. The van der Waals surface area contributed by atoms with Crippen LogP contribution in [0.4, 0.5) is 5.69 Å². The lowest BCUT2D eigenvalue weighted by atomic mass is 9.95. The summed E-state index contributed by atoms with van der Waals surface area (Å²) in [5, 5.41) is 6.53. The van der Waals surface area contributed by atoms with E-state index in [0.29, 0.717) is 23.6 Å². The van der Waals surface area contributed by atoms with E-state index in [1.54, 1.807) is 36.6 Å². The number of carbonyl (C=O) groups excluding carboxylic acids is 2. The molecule has 6 nitrogen and oxygen atoms in total. The van der Waals surface area contributed by atoms with Crippen LogP contribution >= 0.6 is 11.6 Å². The average Bonchev–Trinajstić information content (AvgIpc) is 3.33. The van der Waals surface area contributed by atoms with Crippen molar-refractivity contribution in [2.24, 2.45) is 5.92 Å². The van der Waals surface area contributed by atoms with E-state index in [1.165, 1.54) is 5.56 Å². The molecule has 0 aliphatic carbocycles. The highest BCUT2D eigenvalue weighted by molar-refractivity contribution is 6.30. The van der Waals surface area contributed by atoms with Gasteiger partial charge in [-0.25, -0.2) is 0 Å². The molecule has 4 rings (SSSR count). The third-order valence-corrected chi connectivity index (χ3v) is 5.96. The fourth-order valence-corrected chi connectivity index (χ4v) is 4.03. The van der Waals surface area contributed by atoms with Gasteiger partial charge in [-0.3, -0.25) is 14.5 Å². The standard InChI is InChI=1S/C25H26ClN3O3/c26-20-9-7-18(8-10-20)17-29-13-11-19(12-14-29)24(30)28-23-6-2-1-5-22(23)25(31)27-16-21-4-3-15-32-21/h1-10,15,19H,11-14,16-17H2,(H,27,31)(H,28,30).